The molecule has 0 bridgehead atoms. The van der Waals surface area contributed by atoms with E-state index in [1.807, 2.05) is 0 Å². The van der Waals surface area contributed by atoms with Gasteiger partial charge in [0.2, 0.25) is 0 Å². The molecule has 2 N–H and O–H groups in total. The van der Waals surface area contributed by atoms with Gasteiger partial charge in [-0.15, -0.1) is 0 Å². The minimum Gasteiger partial charge on any atom is -0.339 e. The number of aryl methyl sites for hydroxylation is 1. The topological polar surface area (TPSA) is 94.9 Å². The average Bonchev–Trinajstić information content (AvgIpc) is 2.63. The van der Waals surface area contributed by atoms with Gasteiger partial charge < -0.3 is 5.32 Å². The number of hydrogen-bond donors (Lipinski definition) is 2. The largest absolute Gasteiger partial charge is 0.339 e. The van der Waals surface area contributed by atoms with Crippen LogP contribution in [0.15, 0.2) is 65.7 Å². The van der Waals surface area contributed by atoms with E-state index >= 15 is 0 Å². The highest BCUT2D eigenvalue weighted by Gasteiger charge is 2.17. The van der Waals surface area contributed by atoms with Crippen LogP contribution in [0.4, 0.5) is 21.6 Å². The molecule has 0 aliphatic heterocycles. The fourth-order valence-electron chi connectivity index (χ4n) is 2.48. The summed E-state index contributed by atoms with van der Waals surface area (Å²) in [5, 5.41) is 12.1. The number of anilines is 3. The van der Waals surface area contributed by atoms with Gasteiger partial charge in [0.05, 0.1) is 28.0 Å². The van der Waals surface area contributed by atoms with E-state index in [0.29, 0.717) is 22.6 Å². The molecule has 0 fully saturated rings. The number of pyridine rings is 1. The van der Waals surface area contributed by atoms with Crippen LogP contribution in [0.5, 0.6) is 0 Å². The maximum Gasteiger partial charge on any atom is 0.262 e. The average molecular weight is 382 g/mol. The first-order valence-corrected chi connectivity index (χ1v) is 9.38. The highest BCUT2D eigenvalue weighted by atomic mass is 32.2. The molecule has 0 aliphatic carbocycles. The molecule has 3 aromatic rings. The lowest BCUT2D eigenvalue weighted by Crippen LogP contribution is -2.14. The van der Waals surface area contributed by atoms with Gasteiger partial charge in [-0.3, -0.25) is 4.72 Å². The van der Waals surface area contributed by atoms with E-state index in [2.05, 4.69) is 21.1 Å². The monoisotopic (exact) mass is 382 g/mol. The molecule has 0 saturated carbocycles. The fraction of sp³-hybridized carbons (Fsp3) is 0.0526. The zero-order chi connectivity index (χ0) is 19.4. The van der Waals surface area contributed by atoms with E-state index in [4.69, 9.17) is 5.26 Å². The number of nitrogens with zero attached hydrogens (tertiary/aromatic N) is 2. The van der Waals surface area contributed by atoms with Gasteiger partial charge in [0.25, 0.3) is 10.0 Å². The molecule has 0 aliphatic rings. The van der Waals surface area contributed by atoms with Crippen molar-refractivity contribution in [3.63, 3.8) is 0 Å². The first kappa shape index (κ1) is 18.4. The molecule has 1 heterocycles. The molecule has 8 heteroatoms. The minimum absolute atomic E-state index is 0.00551. The number of aromatic nitrogens is 1. The van der Waals surface area contributed by atoms with E-state index in [0.717, 1.165) is 12.1 Å². The van der Waals surface area contributed by atoms with Crippen LogP contribution in [0, 0.1) is 24.1 Å². The molecule has 1 aromatic heterocycles. The van der Waals surface area contributed by atoms with E-state index in [1.165, 1.54) is 19.2 Å². The number of nitrogens with one attached hydrogen (secondary N) is 2. The quantitative estimate of drug-likeness (QED) is 0.697. The Labute approximate surface area is 156 Å². The van der Waals surface area contributed by atoms with Crippen molar-refractivity contribution in [2.24, 2.45) is 0 Å². The molecule has 0 amide bonds. The molecule has 3 rings (SSSR count). The Balaban J connectivity index is 1.78. The first-order chi connectivity index (χ1) is 12.9. The van der Waals surface area contributed by atoms with Crippen molar-refractivity contribution in [2.75, 3.05) is 10.0 Å². The van der Waals surface area contributed by atoms with Crippen LogP contribution >= 0.6 is 0 Å². The molecule has 136 valence electrons. The summed E-state index contributed by atoms with van der Waals surface area (Å²) in [5.41, 5.74) is 1.64. The normalized spacial score (nSPS) is 10.9. The van der Waals surface area contributed by atoms with Gasteiger partial charge in [-0.2, -0.15) is 5.26 Å². The third-order valence-corrected chi connectivity index (χ3v) is 5.29. The number of halogens is 1. The van der Waals surface area contributed by atoms with Gasteiger partial charge in [-0.25, -0.2) is 17.8 Å². The number of hydrogen-bond acceptors (Lipinski definition) is 5. The van der Waals surface area contributed by atoms with E-state index in [1.54, 1.807) is 36.4 Å². The number of rotatable bonds is 5. The van der Waals surface area contributed by atoms with E-state index < -0.39 is 15.8 Å². The number of nitriles is 1. The standard InChI is InChI=1S/C19H15FN4O2S/c1-13-10-15(20)6-8-18(13)27(25,26)24-16-7-9-19(22-12-16)23-17-5-3-2-4-14(17)11-21/h2-10,12,24H,1H3,(H,22,23). The van der Waals surface area contributed by atoms with Crippen molar-refractivity contribution >= 4 is 27.2 Å². The highest BCUT2D eigenvalue weighted by Crippen LogP contribution is 2.22. The van der Waals surface area contributed by atoms with Crippen molar-refractivity contribution in [1.82, 2.24) is 4.98 Å². The predicted molar refractivity (Wildman–Crippen MR) is 101 cm³/mol. The van der Waals surface area contributed by atoms with Crippen LogP contribution < -0.4 is 10.0 Å². The molecule has 0 atom stereocenters. The summed E-state index contributed by atoms with van der Waals surface area (Å²) in [4.78, 5) is 4.15. The summed E-state index contributed by atoms with van der Waals surface area (Å²) in [5.74, 6) is -0.0418. The first-order valence-electron chi connectivity index (χ1n) is 7.90. The van der Waals surface area contributed by atoms with Gasteiger partial charge in [0, 0.05) is 0 Å². The number of benzene rings is 2. The van der Waals surface area contributed by atoms with Crippen LogP contribution in [0.3, 0.4) is 0 Å². The van der Waals surface area contributed by atoms with Gasteiger partial charge in [-0.05, 0) is 55.0 Å². The maximum absolute atomic E-state index is 13.2. The zero-order valence-electron chi connectivity index (χ0n) is 14.3. The molecular formula is C19H15FN4O2S. The van der Waals surface area contributed by atoms with Crippen molar-refractivity contribution in [3.05, 3.63) is 77.7 Å². The molecule has 6 nitrogen and oxygen atoms in total. The zero-order valence-corrected chi connectivity index (χ0v) is 15.1. The smallest absolute Gasteiger partial charge is 0.262 e. The van der Waals surface area contributed by atoms with Crippen LogP contribution in [0.2, 0.25) is 0 Å². The summed E-state index contributed by atoms with van der Waals surface area (Å²) in [6.45, 7) is 1.52. The summed E-state index contributed by atoms with van der Waals surface area (Å²) in [6.07, 6.45) is 1.35. The molecule has 27 heavy (non-hydrogen) atoms. The summed E-state index contributed by atoms with van der Waals surface area (Å²) >= 11 is 0. The van der Waals surface area contributed by atoms with Crippen molar-refractivity contribution in [1.29, 1.82) is 5.26 Å². The van der Waals surface area contributed by atoms with Gasteiger partial charge in [0.1, 0.15) is 17.7 Å². The molecule has 0 spiro atoms. The van der Waals surface area contributed by atoms with Crippen LogP contribution in [0.25, 0.3) is 0 Å². The Morgan fingerprint density at radius 3 is 2.56 bits per heavy atom. The second kappa shape index (κ2) is 7.43. The lowest BCUT2D eigenvalue weighted by molar-refractivity contribution is 0.598. The summed E-state index contributed by atoms with van der Waals surface area (Å²) < 4.78 is 40.6. The molecule has 0 radical (unpaired) electrons. The summed E-state index contributed by atoms with van der Waals surface area (Å²) in [7, 11) is -3.86. The maximum atomic E-state index is 13.2. The van der Waals surface area contributed by atoms with Gasteiger partial charge in [-0.1, -0.05) is 12.1 Å². The fourth-order valence-corrected chi connectivity index (χ4v) is 3.75. The van der Waals surface area contributed by atoms with Gasteiger partial charge in [0.15, 0.2) is 0 Å². The molecule has 0 saturated heterocycles. The predicted octanol–water partition coefficient (Wildman–Crippen LogP) is 3.95. The van der Waals surface area contributed by atoms with Crippen molar-refractivity contribution in [3.8, 4) is 6.07 Å². The lowest BCUT2D eigenvalue weighted by Gasteiger charge is -2.11. The Hall–Kier alpha value is -3.44. The minimum atomic E-state index is -3.86. The third-order valence-electron chi connectivity index (χ3n) is 3.75. The second-order valence-electron chi connectivity index (χ2n) is 5.73. The third kappa shape index (κ3) is 4.22. The van der Waals surface area contributed by atoms with Crippen molar-refractivity contribution < 1.29 is 12.8 Å². The van der Waals surface area contributed by atoms with Crippen LogP contribution in [0.1, 0.15) is 11.1 Å². The Kier molecular flexibility index (Phi) is 5.05. The van der Waals surface area contributed by atoms with Crippen LogP contribution in [-0.2, 0) is 10.0 Å². The number of para-hydroxylation sites is 1. The van der Waals surface area contributed by atoms with Gasteiger partial charge >= 0.3 is 0 Å². The van der Waals surface area contributed by atoms with E-state index in [-0.39, 0.29) is 10.6 Å². The number of sulfonamides is 1. The Morgan fingerprint density at radius 1 is 1.11 bits per heavy atom. The molecule has 2 aromatic carbocycles. The summed E-state index contributed by atoms with van der Waals surface area (Å²) in [6, 6.07) is 15.6. The SMILES string of the molecule is Cc1cc(F)ccc1S(=O)(=O)Nc1ccc(Nc2ccccc2C#N)nc1. The highest BCUT2D eigenvalue weighted by molar-refractivity contribution is 7.92. The lowest BCUT2D eigenvalue weighted by atomic mass is 10.2. The molecular weight excluding hydrogens is 367 g/mol. The van der Waals surface area contributed by atoms with Crippen molar-refractivity contribution in [2.45, 2.75) is 11.8 Å². The Morgan fingerprint density at radius 2 is 1.89 bits per heavy atom. The molecule has 0 unspecified atom stereocenters. The van der Waals surface area contributed by atoms with Crippen LogP contribution in [-0.4, -0.2) is 13.4 Å². The van der Waals surface area contributed by atoms with E-state index in [9.17, 15) is 12.8 Å². The Bertz CT molecular complexity index is 1120. The second-order valence-corrected chi connectivity index (χ2v) is 7.38.